The molecule has 2 aliphatic rings. The number of anilines is 2. The Morgan fingerprint density at radius 1 is 1.13 bits per heavy atom. The van der Waals surface area contributed by atoms with Crippen LogP contribution in [0.4, 0.5) is 24.5 Å². The van der Waals surface area contributed by atoms with Gasteiger partial charge in [-0.25, -0.2) is 18.2 Å². The summed E-state index contributed by atoms with van der Waals surface area (Å²) >= 11 is 0. The number of nitrogens with two attached hydrogens (primary N) is 2. The smallest absolute Gasteiger partial charge is 0.276 e. The van der Waals surface area contributed by atoms with Gasteiger partial charge in [0.1, 0.15) is 22.9 Å². The summed E-state index contributed by atoms with van der Waals surface area (Å²) < 4.78 is 49.8. The Morgan fingerprint density at radius 2 is 1.84 bits per heavy atom. The van der Waals surface area contributed by atoms with E-state index in [4.69, 9.17) is 16.2 Å². The Hall–Kier alpha value is -3.54. The average Bonchev–Trinajstić information content (AvgIpc) is 2.83. The molecule has 1 amide bonds. The number of nitrogens with zero attached hydrogens (tertiary/aromatic N) is 2. The third-order valence-corrected chi connectivity index (χ3v) is 7.24. The van der Waals surface area contributed by atoms with E-state index in [2.05, 4.69) is 22.2 Å². The molecular weight excluding hydrogens is 499 g/mol. The SMILES string of the molecule is C[C@@H]1C[C@H](N)C[C@H](c2ccncc2NC(=O)c2nc(-c3c(F)cc(C4(O)COC4)cc3F)c(F)cc2N)C1. The number of nitrogen functional groups attached to an aromatic ring is 1. The maximum atomic E-state index is 15.0. The number of aromatic nitrogens is 2. The first-order chi connectivity index (χ1) is 18.1. The van der Waals surface area contributed by atoms with Crippen molar-refractivity contribution in [1.29, 1.82) is 0 Å². The standard InChI is InChI=1S/C27H28F3N5O3/c1-13-4-14(6-16(31)5-13)17-2-3-33-10-22(17)34-26(36)25-21(32)9-20(30)24(35-25)23-18(28)7-15(8-19(23)29)27(37)11-38-12-27/h2-3,7-10,13-14,16,37H,4-6,11-12,31-32H2,1H3,(H,34,36)/t13-,14+,16-/m0/s1. The fourth-order valence-electron chi connectivity index (χ4n) is 5.35. The molecular formula is C27H28F3N5O3. The van der Waals surface area contributed by atoms with E-state index in [-0.39, 0.29) is 36.4 Å². The van der Waals surface area contributed by atoms with Crippen molar-refractivity contribution < 1.29 is 27.8 Å². The molecule has 3 heterocycles. The highest BCUT2D eigenvalue weighted by Gasteiger charge is 2.39. The van der Waals surface area contributed by atoms with E-state index in [1.165, 1.54) is 6.20 Å². The molecule has 6 N–H and O–H groups in total. The highest BCUT2D eigenvalue weighted by Crippen LogP contribution is 2.39. The summed E-state index contributed by atoms with van der Waals surface area (Å²) in [7, 11) is 0. The van der Waals surface area contributed by atoms with Crippen LogP contribution in [0, 0.1) is 23.4 Å². The zero-order chi connectivity index (χ0) is 27.2. The Bertz CT molecular complexity index is 1370. The van der Waals surface area contributed by atoms with Crippen molar-refractivity contribution >= 4 is 17.3 Å². The number of rotatable bonds is 5. The van der Waals surface area contributed by atoms with Gasteiger partial charge in [0.15, 0.2) is 11.5 Å². The van der Waals surface area contributed by atoms with Gasteiger partial charge >= 0.3 is 0 Å². The highest BCUT2D eigenvalue weighted by atomic mass is 19.1. The Morgan fingerprint density at radius 3 is 2.47 bits per heavy atom. The van der Waals surface area contributed by atoms with Crippen LogP contribution < -0.4 is 16.8 Å². The van der Waals surface area contributed by atoms with Gasteiger partial charge < -0.3 is 26.6 Å². The number of amides is 1. The van der Waals surface area contributed by atoms with E-state index in [0.29, 0.717) is 11.6 Å². The fourth-order valence-corrected chi connectivity index (χ4v) is 5.35. The van der Waals surface area contributed by atoms with Gasteiger partial charge in [0, 0.05) is 18.3 Å². The molecule has 3 atom stereocenters. The van der Waals surface area contributed by atoms with Crippen LogP contribution in [-0.4, -0.2) is 40.2 Å². The molecule has 8 nitrogen and oxygen atoms in total. The summed E-state index contributed by atoms with van der Waals surface area (Å²) in [6, 6.07) is 4.44. The van der Waals surface area contributed by atoms with Crippen molar-refractivity contribution in [1.82, 2.24) is 9.97 Å². The summed E-state index contributed by atoms with van der Waals surface area (Å²) in [6.07, 6.45) is 5.67. The molecule has 1 saturated heterocycles. The predicted octanol–water partition coefficient (Wildman–Crippen LogP) is 3.84. The molecule has 38 heavy (non-hydrogen) atoms. The first-order valence-corrected chi connectivity index (χ1v) is 12.3. The number of nitrogens with one attached hydrogen (secondary N) is 1. The number of carbonyl (C=O) groups is 1. The quantitative estimate of drug-likeness (QED) is 0.396. The van der Waals surface area contributed by atoms with Gasteiger partial charge in [-0.1, -0.05) is 6.92 Å². The lowest BCUT2D eigenvalue weighted by atomic mass is 9.76. The second-order valence-electron chi connectivity index (χ2n) is 10.3. The number of carbonyl (C=O) groups excluding carboxylic acids is 1. The lowest BCUT2D eigenvalue weighted by molar-refractivity contribution is -0.184. The lowest BCUT2D eigenvalue weighted by Gasteiger charge is -2.36. The molecule has 0 spiro atoms. The van der Waals surface area contributed by atoms with Crippen LogP contribution in [0.2, 0.25) is 0 Å². The molecule has 1 saturated carbocycles. The molecule has 1 aliphatic heterocycles. The summed E-state index contributed by atoms with van der Waals surface area (Å²) in [5, 5.41) is 13.1. The average molecular weight is 528 g/mol. The Kier molecular flexibility index (Phi) is 6.84. The molecule has 2 fully saturated rings. The van der Waals surface area contributed by atoms with E-state index in [1.54, 1.807) is 6.20 Å². The molecule has 200 valence electrons. The normalized spacial score (nSPS) is 22.5. The van der Waals surface area contributed by atoms with Gasteiger partial charge in [-0.05, 0) is 60.4 Å². The van der Waals surface area contributed by atoms with Crippen molar-refractivity contribution in [3.63, 3.8) is 0 Å². The van der Waals surface area contributed by atoms with Crippen LogP contribution in [0.1, 0.15) is 53.7 Å². The monoisotopic (exact) mass is 527 g/mol. The Balaban J connectivity index is 1.47. The van der Waals surface area contributed by atoms with Crippen LogP contribution in [0.3, 0.4) is 0 Å². The number of hydrogen-bond acceptors (Lipinski definition) is 7. The summed E-state index contributed by atoms with van der Waals surface area (Å²) in [6.45, 7) is 1.89. The third kappa shape index (κ3) is 4.84. The molecule has 1 aliphatic carbocycles. The Labute approximate surface area is 217 Å². The van der Waals surface area contributed by atoms with E-state index in [0.717, 1.165) is 43.0 Å². The minimum atomic E-state index is -1.53. The number of pyridine rings is 2. The van der Waals surface area contributed by atoms with Gasteiger partial charge in [-0.3, -0.25) is 9.78 Å². The van der Waals surface area contributed by atoms with Crippen molar-refractivity contribution in [2.24, 2.45) is 11.7 Å². The summed E-state index contributed by atoms with van der Waals surface area (Å²) in [5.74, 6) is -3.70. The summed E-state index contributed by atoms with van der Waals surface area (Å²) in [4.78, 5) is 21.3. The molecule has 3 aromatic rings. The van der Waals surface area contributed by atoms with Gasteiger partial charge in [-0.2, -0.15) is 0 Å². The minimum Gasteiger partial charge on any atom is -0.397 e. The fraction of sp³-hybridized carbons (Fsp3) is 0.370. The second kappa shape index (κ2) is 9.97. The number of aliphatic hydroxyl groups is 1. The van der Waals surface area contributed by atoms with Gasteiger partial charge in [0.05, 0.1) is 36.3 Å². The third-order valence-electron chi connectivity index (χ3n) is 7.24. The van der Waals surface area contributed by atoms with Crippen molar-refractivity contribution in [2.45, 2.75) is 43.7 Å². The molecule has 11 heteroatoms. The van der Waals surface area contributed by atoms with E-state index in [9.17, 15) is 14.3 Å². The van der Waals surface area contributed by atoms with Gasteiger partial charge in [0.25, 0.3) is 5.91 Å². The first kappa shape index (κ1) is 26.1. The topological polar surface area (TPSA) is 136 Å². The van der Waals surface area contributed by atoms with Crippen molar-refractivity contribution in [3.05, 3.63) is 70.9 Å². The van der Waals surface area contributed by atoms with Crippen LogP contribution in [-0.2, 0) is 10.3 Å². The molecule has 0 radical (unpaired) electrons. The highest BCUT2D eigenvalue weighted by molar-refractivity contribution is 6.07. The maximum absolute atomic E-state index is 15.0. The van der Waals surface area contributed by atoms with Crippen molar-refractivity contribution in [3.8, 4) is 11.3 Å². The molecule has 1 aromatic carbocycles. The van der Waals surface area contributed by atoms with E-state index in [1.807, 2.05) is 6.07 Å². The maximum Gasteiger partial charge on any atom is 0.276 e. The largest absolute Gasteiger partial charge is 0.397 e. The predicted molar refractivity (Wildman–Crippen MR) is 135 cm³/mol. The van der Waals surface area contributed by atoms with Gasteiger partial charge in [-0.15, -0.1) is 0 Å². The number of benzene rings is 1. The first-order valence-electron chi connectivity index (χ1n) is 12.3. The zero-order valence-corrected chi connectivity index (χ0v) is 20.7. The minimum absolute atomic E-state index is 0.0335. The molecule has 0 bridgehead atoms. The van der Waals surface area contributed by atoms with Crippen LogP contribution >= 0.6 is 0 Å². The summed E-state index contributed by atoms with van der Waals surface area (Å²) in [5.41, 5.74) is 9.61. The molecule has 0 unspecified atom stereocenters. The number of hydrogen-bond donors (Lipinski definition) is 4. The van der Waals surface area contributed by atoms with Gasteiger partial charge in [0.2, 0.25) is 0 Å². The van der Waals surface area contributed by atoms with Crippen molar-refractivity contribution in [2.75, 3.05) is 24.3 Å². The zero-order valence-electron chi connectivity index (χ0n) is 20.7. The van der Waals surface area contributed by atoms with E-state index >= 15 is 8.78 Å². The van der Waals surface area contributed by atoms with Crippen LogP contribution in [0.25, 0.3) is 11.3 Å². The molecule has 5 rings (SSSR count). The van der Waals surface area contributed by atoms with E-state index < -0.39 is 45.9 Å². The van der Waals surface area contributed by atoms with Crippen LogP contribution in [0.15, 0.2) is 36.7 Å². The van der Waals surface area contributed by atoms with Crippen LogP contribution in [0.5, 0.6) is 0 Å². The second-order valence-corrected chi connectivity index (χ2v) is 10.3. The number of halogens is 3. The molecule has 2 aromatic heterocycles. The lowest BCUT2D eigenvalue weighted by Crippen LogP contribution is -2.46. The number of ether oxygens (including phenoxy) is 1.